The Labute approximate surface area is 155 Å². The van der Waals surface area contributed by atoms with Crippen molar-refractivity contribution in [3.63, 3.8) is 0 Å². The predicted octanol–water partition coefficient (Wildman–Crippen LogP) is 4.24. The number of piperidine rings is 1. The Morgan fingerprint density at radius 3 is 2.69 bits per heavy atom. The molecule has 2 fully saturated rings. The van der Waals surface area contributed by atoms with Crippen LogP contribution in [0.25, 0.3) is 0 Å². The van der Waals surface area contributed by atoms with Gasteiger partial charge in [-0.1, -0.05) is 36.8 Å². The number of hydrogen-bond donors (Lipinski definition) is 1. The minimum atomic E-state index is -0.209. The summed E-state index contributed by atoms with van der Waals surface area (Å²) in [5.74, 6) is 2.01. The van der Waals surface area contributed by atoms with Crippen molar-refractivity contribution < 1.29 is 9.21 Å². The molecule has 138 valence electrons. The zero-order valence-corrected chi connectivity index (χ0v) is 15.8. The molecule has 0 radical (unpaired) electrons. The van der Waals surface area contributed by atoms with Crippen LogP contribution in [0.2, 0.25) is 0 Å². The molecule has 2 heterocycles. The van der Waals surface area contributed by atoms with Crippen molar-refractivity contribution in [2.45, 2.75) is 51.6 Å². The molecule has 4 nitrogen and oxygen atoms in total. The topological polar surface area (TPSA) is 45.5 Å². The summed E-state index contributed by atoms with van der Waals surface area (Å²) >= 11 is 0. The fourth-order valence-electron chi connectivity index (χ4n) is 3.86. The van der Waals surface area contributed by atoms with Gasteiger partial charge in [-0.25, -0.2) is 0 Å². The highest BCUT2D eigenvalue weighted by Gasteiger charge is 2.46. The van der Waals surface area contributed by atoms with Crippen molar-refractivity contribution >= 4 is 5.91 Å². The van der Waals surface area contributed by atoms with Crippen LogP contribution in [0.5, 0.6) is 0 Å². The molecule has 2 aromatic rings. The second-order valence-corrected chi connectivity index (χ2v) is 8.13. The van der Waals surface area contributed by atoms with Gasteiger partial charge in [0.1, 0.15) is 5.76 Å². The molecule has 0 atom stereocenters. The lowest BCUT2D eigenvalue weighted by Gasteiger charge is -2.29. The minimum Gasteiger partial charge on any atom is -0.455 e. The van der Waals surface area contributed by atoms with Crippen LogP contribution >= 0.6 is 0 Å². The third-order valence-electron chi connectivity index (χ3n) is 5.81. The number of rotatable bonds is 5. The van der Waals surface area contributed by atoms with Crippen LogP contribution in [0.4, 0.5) is 0 Å². The number of hydrogen-bond acceptors (Lipinski definition) is 3. The molecule has 1 aromatic carbocycles. The molecule has 1 saturated heterocycles. The smallest absolute Gasteiger partial charge is 0.287 e. The van der Waals surface area contributed by atoms with Gasteiger partial charge in [0.2, 0.25) is 0 Å². The van der Waals surface area contributed by atoms with Crippen LogP contribution in [-0.4, -0.2) is 23.9 Å². The zero-order valence-electron chi connectivity index (χ0n) is 15.8. The van der Waals surface area contributed by atoms with Gasteiger partial charge in [0.15, 0.2) is 5.76 Å². The molecule has 1 saturated carbocycles. The maximum absolute atomic E-state index is 12.7. The Morgan fingerprint density at radius 2 is 2.00 bits per heavy atom. The van der Waals surface area contributed by atoms with E-state index >= 15 is 0 Å². The molecule has 1 aromatic heterocycles. The number of aryl methyl sites for hydroxylation is 1. The van der Waals surface area contributed by atoms with Crippen LogP contribution in [0.15, 0.2) is 40.8 Å². The van der Waals surface area contributed by atoms with E-state index in [-0.39, 0.29) is 11.4 Å². The summed E-state index contributed by atoms with van der Waals surface area (Å²) in [6.07, 6.45) is 4.46. The van der Waals surface area contributed by atoms with Gasteiger partial charge in [0.25, 0.3) is 5.91 Å². The quantitative estimate of drug-likeness (QED) is 0.875. The van der Waals surface area contributed by atoms with Crippen LogP contribution in [0.3, 0.4) is 0 Å². The first-order valence-corrected chi connectivity index (χ1v) is 9.75. The lowest BCUT2D eigenvalue weighted by molar-refractivity contribution is 0.0897. The van der Waals surface area contributed by atoms with Crippen LogP contribution in [0, 0.1) is 12.8 Å². The number of amides is 1. The molecule has 1 N–H and O–H groups in total. The van der Waals surface area contributed by atoms with Crippen molar-refractivity contribution in [2.75, 3.05) is 13.1 Å². The van der Waals surface area contributed by atoms with E-state index < -0.39 is 0 Å². The molecular formula is C22H28N2O2. The summed E-state index contributed by atoms with van der Waals surface area (Å²) in [6, 6.07) is 12.2. The maximum Gasteiger partial charge on any atom is 0.287 e. The van der Waals surface area contributed by atoms with Crippen molar-refractivity contribution in [1.82, 2.24) is 10.2 Å². The average Bonchev–Trinajstić information content (AvgIpc) is 3.26. The second kappa shape index (κ2) is 6.92. The van der Waals surface area contributed by atoms with E-state index in [9.17, 15) is 4.79 Å². The fraction of sp³-hybridized carbons (Fsp3) is 0.500. The molecule has 0 bridgehead atoms. The molecule has 1 aliphatic carbocycles. The number of nitrogens with one attached hydrogen (secondary N) is 1. The summed E-state index contributed by atoms with van der Waals surface area (Å²) in [5, 5.41) is 3.20. The first-order chi connectivity index (χ1) is 12.5. The molecule has 0 unspecified atom stereocenters. The lowest BCUT2D eigenvalue weighted by Crippen LogP contribution is -2.34. The number of furan rings is 1. The molecule has 1 aliphatic heterocycles. The molecule has 0 spiro atoms. The van der Waals surface area contributed by atoms with E-state index in [1.165, 1.54) is 24.0 Å². The first-order valence-electron chi connectivity index (χ1n) is 9.75. The van der Waals surface area contributed by atoms with E-state index in [0.717, 1.165) is 44.2 Å². The van der Waals surface area contributed by atoms with Crippen molar-refractivity contribution in [2.24, 2.45) is 5.92 Å². The van der Waals surface area contributed by atoms with Gasteiger partial charge in [-0.2, -0.15) is 0 Å². The number of nitrogens with zero attached hydrogens (tertiary/aromatic N) is 1. The standard InChI is InChI=1S/C22H28N2O2/c1-16-8-12-24(13-9-16)15-19-6-7-20(26-19)21(25)23-22(10-11-22)18-5-3-4-17(2)14-18/h3-7,14,16H,8-13,15H2,1-2H3,(H,23,25). The Balaban J connectivity index is 1.39. The van der Waals surface area contributed by atoms with Crippen molar-refractivity contribution in [3.8, 4) is 0 Å². The maximum atomic E-state index is 12.7. The van der Waals surface area contributed by atoms with E-state index in [2.05, 4.69) is 48.3 Å². The largest absolute Gasteiger partial charge is 0.455 e. The number of carbonyl (C=O) groups excluding carboxylic acids is 1. The predicted molar refractivity (Wildman–Crippen MR) is 102 cm³/mol. The van der Waals surface area contributed by atoms with Gasteiger partial charge in [0, 0.05) is 0 Å². The van der Waals surface area contributed by atoms with Crippen LogP contribution in [-0.2, 0) is 12.1 Å². The van der Waals surface area contributed by atoms with E-state index in [1.807, 2.05) is 12.1 Å². The third-order valence-corrected chi connectivity index (χ3v) is 5.81. The Morgan fingerprint density at radius 1 is 1.23 bits per heavy atom. The second-order valence-electron chi connectivity index (χ2n) is 8.13. The monoisotopic (exact) mass is 352 g/mol. The minimum absolute atomic E-state index is 0.109. The van der Waals surface area contributed by atoms with Crippen LogP contribution < -0.4 is 5.32 Å². The van der Waals surface area contributed by atoms with Gasteiger partial charge < -0.3 is 9.73 Å². The lowest BCUT2D eigenvalue weighted by atomic mass is 9.99. The molecule has 26 heavy (non-hydrogen) atoms. The van der Waals surface area contributed by atoms with Crippen molar-refractivity contribution in [1.29, 1.82) is 0 Å². The van der Waals surface area contributed by atoms with E-state index in [0.29, 0.717) is 5.76 Å². The molecular weight excluding hydrogens is 324 g/mol. The van der Waals surface area contributed by atoms with Gasteiger partial charge in [0.05, 0.1) is 12.1 Å². The third kappa shape index (κ3) is 3.70. The molecule has 2 aliphatic rings. The number of likely N-dealkylation sites (tertiary alicyclic amines) is 1. The average molecular weight is 352 g/mol. The summed E-state index contributed by atoms with van der Waals surface area (Å²) in [4.78, 5) is 15.1. The van der Waals surface area contributed by atoms with Gasteiger partial charge in [-0.15, -0.1) is 0 Å². The summed E-state index contributed by atoms with van der Waals surface area (Å²) in [7, 11) is 0. The first kappa shape index (κ1) is 17.3. The van der Waals surface area contributed by atoms with E-state index in [1.54, 1.807) is 0 Å². The fourth-order valence-corrected chi connectivity index (χ4v) is 3.86. The summed E-state index contributed by atoms with van der Waals surface area (Å²) in [5.41, 5.74) is 2.21. The number of carbonyl (C=O) groups is 1. The number of benzene rings is 1. The molecule has 4 rings (SSSR count). The normalized spacial score (nSPS) is 20.1. The molecule has 1 amide bonds. The van der Waals surface area contributed by atoms with Gasteiger partial charge >= 0.3 is 0 Å². The summed E-state index contributed by atoms with van der Waals surface area (Å²) < 4.78 is 5.85. The van der Waals surface area contributed by atoms with E-state index in [4.69, 9.17) is 4.42 Å². The van der Waals surface area contributed by atoms with Gasteiger partial charge in [-0.05, 0) is 69.3 Å². The van der Waals surface area contributed by atoms with Gasteiger partial charge in [-0.3, -0.25) is 9.69 Å². The zero-order chi connectivity index (χ0) is 18.1. The Kier molecular flexibility index (Phi) is 4.62. The highest BCUT2D eigenvalue weighted by molar-refractivity contribution is 5.92. The summed E-state index contributed by atoms with van der Waals surface area (Å²) in [6.45, 7) is 7.42. The van der Waals surface area contributed by atoms with Crippen molar-refractivity contribution in [3.05, 3.63) is 59.0 Å². The Hall–Kier alpha value is -2.07. The SMILES string of the molecule is Cc1cccc(C2(NC(=O)c3ccc(CN4CCC(C)CC4)o3)CC2)c1. The Bertz CT molecular complexity index is 783. The molecule has 4 heteroatoms. The highest BCUT2D eigenvalue weighted by Crippen LogP contribution is 2.45. The highest BCUT2D eigenvalue weighted by atomic mass is 16.4. The van der Waals surface area contributed by atoms with Crippen LogP contribution in [0.1, 0.15) is 60.0 Å².